The van der Waals surface area contributed by atoms with Gasteiger partial charge in [-0.05, 0) is 25.0 Å². The molecule has 0 radical (unpaired) electrons. The monoisotopic (exact) mass is 437 g/mol. The number of hydrogen-bond donors (Lipinski definition) is 0. The van der Waals surface area contributed by atoms with Gasteiger partial charge in [-0.2, -0.15) is 0 Å². The molecule has 0 atom stereocenters. The molecule has 1 saturated carbocycles. The summed E-state index contributed by atoms with van der Waals surface area (Å²) in [5.74, 6) is -0.0928. The molecule has 2 rings (SSSR count). The third-order valence-electron chi connectivity index (χ3n) is 4.38. The van der Waals surface area contributed by atoms with Crippen LogP contribution in [0.4, 0.5) is 8.78 Å². The molecule has 130 valence electrons. The second kappa shape index (κ2) is 8.26. The first-order chi connectivity index (χ1) is 10.4. The molecule has 0 spiro atoms. The summed E-state index contributed by atoms with van der Waals surface area (Å²) in [5.41, 5.74) is -0.305. The molecule has 1 aliphatic rings. The van der Waals surface area contributed by atoms with Gasteiger partial charge in [-0.25, -0.2) is 8.78 Å². The van der Waals surface area contributed by atoms with Crippen molar-refractivity contribution in [1.82, 2.24) is 9.80 Å². The lowest BCUT2D eigenvalue weighted by molar-refractivity contribution is 0.393. The Bertz CT molecular complexity index is 523. The lowest BCUT2D eigenvalue weighted by Gasteiger charge is -2.30. The van der Waals surface area contributed by atoms with Gasteiger partial charge in [0.15, 0.2) is 5.96 Å². The maximum Gasteiger partial charge on any atom is 0.195 e. The van der Waals surface area contributed by atoms with Crippen molar-refractivity contribution in [3.05, 3.63) is 35.4 Å². The maximum atomic E-state index is 14.3. The maximum absolute atomic E-state index is 14.3. The number of halogens is 3. The van der Waals surface area contributed by atoms with Crippen LogP contribution in [0.15, 0.2) is 23.2 Å². The topological polar surface area (TPSA) is 18.8 Å². The molecule has 0 bridgehead atoms. The third-order valence-corrected chi connectivity index (χ3v) is 4.38. The van der Waals surface area contributed by atoms with Crippen LogP contribution in [0.5, 0.6) is 0 Å². The van der Waals surface area contributed by atoms with Crippen molar-refractivity contribution < 1.29 is 8.78 Å². The highest BCUT2D eigenvalue weighted by Gasteiger charge is 2.40. The molecule has 23 heavy (non-hydrogen) atoms. The number of nitrogens with zero attached hydrogens (tertiary/aromatic N) is 3. The van der Waals surface area contributed by atoms with Crippen molar-refractivity contribution in [2.24, 2.45) is 4.99 Å². The van der Waals surface area contributed by atoms with E-state index in [1.54, 1.807) is 0 Å². The van der Waals surface area contributed by atoms with Crippen molar-refractivity contribution in [2.75, 3.05) is 34.7 Å². The first-order valence-electron chi connectivity index (χ1n) is 7.71. The van der Waals surface area contributed by atoms with Crippen LogP contribution < -0.4 is 0 Å². The van der Waals surface area contributed by atoms with E-state index in [1.807, 2.05) is 38.0 Å². The summed E-state index contributed by atoms with van der Waals surface area (Å²) < 4.78 is 28.6. The van der Waals surface area contributed by atoms with E-state index < -0.39 is 17.0 Å². The summed E-state index contributed by atoms with van der Waals surface area (Å²) in [6, 6.07) is 4.12. The quantitative estimate of drug-likeness (QED) is 0.406. The van der Waals surface area contributed by atoms with Crippen molar-refractivity contribution in [1.29, 1.82) is 0 Å². The zero-order valence-corrected chi connectivity index (χ0v) is 16.6. The molecule has 0 unspecified atom stereocenters. The number of aliphatic imine (C=N–C) groups is 1. The molecule has 0 amide bonds. The van der Waals surface area contributed by atoms with Gasteiger partial charge in [0, 0.05) is 39.2 Å². The molecule has 1 aromatic carbocycles. The second-order valence-corrected chi connectivity index (χ2v) is 6.49. The molecule has 0 aliphatic heterocycles. The van der Waals surface area contributed by atoms with Gasteiger partial charge in [0.1, 0.15) is 11.6 Å². The summed E-state index contributed by atoms with van der Waals surface area (Å²) >= 11 is 0. The standard InChI is InChI=1S/C17H25F2N3.HI/c1-21(2)16(22(3)4)20-12-17(10-5-6-11-17)15-13(18)8-7-9-14(15)19;/h7-9H,5-6,10-12H2,1-4H3;1H. The Labute approximate surface area is 154 Å². The Hall–Kier alpha value is -0.920. The zero-order chi connectivity index (χ0) is 16.3. The smallest absolute Gasteiger partial charge is 0.195 e. The summed E-state index contributed by atoms with van der Waals surface area (Å²) in [7, 11) is 7.68. The molecule has 0 saturated heterocycles. The first kappa shape index (κ1) is 20.1. The summed E-state index contributed by atoms with van der Waals surface area (Å²) in [6.07, 6.45) is 3.54. The van der Waals surface area contributed by atoms with Crippen molar-refractivity contribution in [2.45, 2.75) is 31.1 Å². The summed E-state index contributed by atoms with van der Waals surface area (Å²) in [4.78, 5) is 8.50. The highest BCUT2D eigenvalue weighted by molar-refractivity contribution is 14.0. The van der Waals surface area contributed by atoms with Gasteiger partial charge < -0.3 is 9.80 Å². The van der Waals surface area contributed by atoms with Gasteiger partial charge in [0.25, 0.3) is 0 Å². The molecular weight excluding hydrogens is 411 g/mol. The van der Waals surface area contributed by atoms with E-state index in [0.717, 1.165) is 31.6 Å². The number of benzene rings is 1. The molecule has 1 aromatic rings. The predicted molar refractivity (Wildman–Crippen MR) is 102 cm³/mol. The van der Waals surface area contributed by atoms with Crippen LogP contribution >= 0.6 is 24.0 Å². The average molecular weight is 437 g/mol. The van der Waals surface area contributed by atoms with Crippen LogP contribution in [-0.2, 0) is 5.41 Å². The van der Waals surface area contributed by atoms with Crippen molar-refractivity contribution >= 4 is 29.9 Å². The normalized spacial score (nSPS) is 15.7. The SMILES string of the molecule is CN(C)C(=NCC1(c2c(F)cccc2F)CCCC1)N(C)C.I. The highest BCUT2D eigenvalue weighted by Crippen LogP contribution is 2.43. The van der Waals surface area contributed by atoms with E-state index in [0.29, 0.717) is 6.54 Å². The largest absolute Gasteiger partial charge is 0.349 e. The van der Waals surface area contributed by atoms with E-state index in [2.05, 4.69) is 4.99 Å². The lowest BCUT2D eigenvalue weighted by atomic mass is 9.78. The summed E-state index contributed by atoms with van der Waals surface area (Å²) in [5, 5.41) is 0. The molecule has 3 nitrogen and oxygen atoms in total. The van der Waals surface area contributed by atoms with E-state index in [-0.39, 0.29) is 29.5 Å². The van der Waals surface area contributed by atoms with E-state index >= 15 is 0 Å². The third kappa shape index (κ3) is 4.33. The van der Waals surface area contributed by atoms with Gasteiger partial charge in [0.2, 0.25) is 0 Å². The molecular formula is C17H26F2IN3. The number of rotatable bonds is 3. The highest BCUT2D eigenvalue weighted by atomic mass is 127. The Morgan fingerprint density at radius 3 is 1.96 bits per heavy atom. The van der Waals surface area contributed by atoms with Crippen LogP contribution in [0.3, 0.4) is 0 Å². The van der Waals surface area contributed by atoms with Crippen LogP contribution in [0.25, 0.3) is 0 Å². The van der Waals surface area contributed by atoms with Crippen LogP contribution in [0.2, 0.25) is 0 Å². The Morgan fingerprint density at radius 2 is 1.52 bits per heavy atom. The number of hydrogen-bond acceptors (Lipinski definition) is 1. The predicted octanol–water partition coefficient (Wildman–Crippen LogP) is 3.87. The minimum absolute atomic E-state index is 0. The van der Waals surface area contributed by atoms with Gasteiger partial charge >= 0.3 is 0 Å². The number of guanidine groups is 1. The van der Waals surface area contributed by atoms with Gasteiger partial charge in [-0.15, -0.1) is 24.0 Å². The van der Waals surface area contributed by atoms with Crippen LogP contribution in [0, 0.1) is 11.6 Å². The Balaban J connectivity index is 0.00000264. The fourth-order valence-electron chi connectivity index (χ4n) is 3.45. The molecule has 1 aliphatic carbocycles. The fraction of sp³-hybridized carbons (Fsp3) is 0.588. The van der Waals surface area contributed by atoms with Gasteiger partial charge in [-0.1, -0.05) is 18.9 Å². The molecule has 6 heteroatoms. The minimum Gasteiger partial charge on any atom is -0.349 e. The van der Waals surface area contributed by atoms with Gasteiger partial charge in [0.05, 0.1) is 6.54 Å². The fourth-order valence-corrected chi connectivity index (χ4v) is 3.45. The van der Waals surface area contributed by atoms with Crippen LogP contribution in [0.1, 0.15) is 31.2 Å². The van der Waals surface area contributed by atoms with E-state index in [4.69, 9.17) is 0 Å². The Kier molecular flexibility index (Phi) is 7.23. The average Bonchev–Trinajstić information content (AvgIpc) is 2.87. The zero-order valence-electron chi connectivity index (χ0n) is 14.3. The minimum atomic E-state index is -0.521. The van der Waals surface area contributed by atoms with E-state index in [9.17, 15) is 8.78 Å². The van der Waals surface area contributed by atoms with Gasteiger partial charge in [-0.3, -0.25) is 4.99 Å². The second-order valence-electron chi connectivity index (χ2n) is 6.49. The molecule has 0 heterocycles. The van der Waals surface area contributed by atoms with Crippen LogP contribution in [-0.4, -0.2) is 50.5 Å². The first-order valence-corrected chi connectivity index (χ1v) is 7.71. The van der Waals surface area contributed by atoms with Crippen molar-refractivity contribution in [3.8, 4) is 0 Å². The molecule has 1 fully saturated rings. The summed E-state index contributed by atoms with van der Waals surface area (Å²) in [6.45, 7) is 0.413. The lowest BCUT2D eigenvalue weighted by Crippen LogP contribution is -2.37. The molecule has 0 N–H and O–H groups in total. The Morgan fingerprint density at radius 1 is 1.04 bits per heavy atom. The van der Waals surface area contributed by atoms with Crippen molar-refractivity contribution in [3.63, 3.8) is 0 Å². The van der Waals surface area contributed by atoms with E-state index in [1.165, 1.54) is 18.2 Å². The molecule has 0 aromatic heterocycles.